The smallest absolute Gasteiger partial charge is 0.243 e. The monoisotopic (exact) mass is 178 g/mol. The van der Waals surface area contributed by atoms with E-state index in [4.69, 9.17) is 4.74 Å². The molecule has 0 spiro atoms. The maximum atomic E-state index is 11.0. The Morgan fingerprint density at radius 2 is 2.00 bits per heavy atom. The maximum Gasteiger partial charge on any atom is 0.243 e. The molecule has 1 aromatic rings. The van der Waals surface area contributed by atoms with Crippen molar-refractivity contribution in [2.24, 2.45) is 0 Å². The Bertz CT molecular complexity index is 271. The van der Waals surface area contributed by atoms with Crippen LogP contribution in [0.5, 0.6) is 5.75 Å². The number of nitrogens with one attached hydrogen (secondary N) is 1. The van der Waals surface area contributed by atoms with Crippen LogP contribution in [0.2, 0.25) is 0 Å². The van der Waals surface area contributed by atoms with E-state index in [2.05, 4.69) is 15.4 Å². The van der Waals surface area contributed by atoms with E-state index in [1.54, 1.807) is 31.4 Å². The molecule has 0 saturated heterocycles. The van der Waals surface area contributed by atoms with Crippen molar-refractivity contribution < 1.29 is 9.53 Å². The molecule has 1 amide bonds. The van der Waals surface area contributed by atoms with Gasteiger partial charge in [-0.05, 0) is 24.3 Å². The molecule has 0 saturated carbocycles. The van der Waals surface area contributed by atoms with Gasteiger partial charge in [-0.25, -0.2) is 0 Å². The fraction of sp³-hybridized carbons (Fsp3) is 0.125. The Morgan fingerprint density at radius 3 is 2.42 bits per heavy atom. The van der Waals surface area contributed by atoms with E-state index in [9.17, 15) is 4.79 Å². The SMILES string of the molecule is COc1ccc(C(=O)N[Si])cc1. The Morgan fingerprint density at radius 1 is 1.42 bits per heavy atom. The zero-order chi connectivity index (χ0) is 8.97. The van der Waals surface area contributed by atoms with E-state index >= 15 is 0 Å². The molecule has 3 nitrogen and oxygen atoms in total. The van der Waals surface area contributed by atoms with E-state index in [0.29, 0.717) is 5.56 Å². The molecular weight excluding hydrogens is 170 g/mol. The molecule has 0 atom stereocenters. The van der Waals surface area contributed by atoms with E-state index in [1.807, 2.05) is 0 Å². The zero-order valence-corrected chi connectivity index (χ0v) is 7.63. The first kappa shape index (κ1) is 8.80. The van der Waals surface area contributed by atoms with Crippen LogP contribution in [0.4, 0.5) is 0 Å². The third-order valence-electron chi connectivity index (χ3n) is 1.47. The highest BCUT2D eigenvalue weighted by molar-refractivity contribution is 6.18. The lowest BCUT2D eigenvalue weighted by Crippen LogP contribution is -2.19. The number of hydrogen-bond donors (Lipinski definition) is 1. The number of amides is 1. The van der Waals surface area contributed by atoms with Crippen molar-refractivity contribution >= 4 is 16.3 Å². The van der Waals surface area contributed by atoms with Gasteiger partial charge in [-0.3, -0.25) is 4.79 Å². The highest BCUT2D eigenvalue weighted by Gasteiger charge is 2.00. The summed E-state index contributed by atoms with van der Waals surface area (Å²) in [6.45, 7) is 0. The minimum Gasteiger partial charge on any atom is -0.497 e. The minimum atomic E-state index is -0.172. The van der Waals surface area contributed by atoms with Gasteiger partial charge in [0.15, 0.2) is 10.4 Å². The summed E-state index contributed by atoms with van der Waals surface area (Å²) in [5.41, 5.74) is 0.589. The number of benzene rings is 1. The normalized spacial score (nSPS) is 9.17. The first-order valence-electron chi connectivity index (χ1n) is 3.39. The van der Waals surface area contributed by atoms with Crippen LogP contribution in [-0.2, 0) is 0 Å². The second-order valence-corrected chi connectivity index (χ2v) is 2.43. The Hall–Kier alpha value is -1.29. The van der Waals surface area contributed by atoms with Crippen molar-refractivity contribution in [2.75, 3.05) is 7.11 Å². The Balaban J connectivity index is 2.84. The number of carbonyl (C=O) groups is 1. The van der Waals surface area contributed by atoms with Gasteiger partial charge in [-0.15, -0.1) is 0 Å². The molecular formula is C8H8NO2Si. The Kier molecular flexibility index (Phi) is 2.87. The van der Waals surface area contributed by atoms with Gasteiger partial charge in [0.25, 0.3) is 0 Å². The lowest BCUT2D eigenvalue weighted by Gasteiger charge is -2.01. The van der Waals surface area contributed by atoms with Crippen molar-refractivity contribution in [2.45, 2.75) is 0 Å². The maximum absolute atomic E-state index is 11.0. The third kappa shape index (κ3) is 1.85. The summed E-state index contributed by atoms with van der Waals surface area (Å²) in [5, 5.41) is 0. The van der Waals surface area contributed by atoms with Crippen LogP contribution >= 0.6 is 0 Å². The van der Waals surface area contributed by atoms with Crippen LogP contribution < -0.4 is 9.72 Å². The lowest BCUT2D eigenvalue weighted by atomic mass is 10.2. The van der Waals surface area contributed by atoms with Gasteiger partial charge in [-0.2, -0.15) is 0 Å². The summed E-state index contributed by atoms with van der Waals surface area (Å²) in [7, 11) is 4.49. The largest absolute Gasteiger partial charge is 0.497 e. The molecule has 0 heterocycles. The molecule has 61 valence electrons. The molecule has 12 heavy (non-hydrogen) atoms. The van der Waals surface area contributed by atoms with Crippen LogP contribution in [0.3, 0.4) is 0 Å². The van der Waals surface area contributed by atoms with Gasteiger partial charge < -0.3 is 9.72 Å². The van der Waals surface area contributed by atoms with Gasteiger partial charge in [0.2, 0.25) is 5.91 Å². The number of ether oxygens (including phenoxy) is 1. The molecule has 0 unspecified atom stereocenters. The van der Waals surface area contributed by atoms with Crippen molar-refractivity contribution in [3.05, 3.63) is 29.8 Å². The Labute approximate surface area is 74.2 Å². The number of rotatable bonds is 2. The number of hydrogen-bond acceptors (Lipinski definition) is 2. The van der Waals surface area contributed by atoms with E-state index in [1.165, 1.54) is 0 Å². The standard InChI is InChI=1S/C8H8NO2Si/c1-11-7-4-2-6(3-5-7)8(10)9-12/h2-5H,1H3,(H,9,10). The fourth-order valence-electron chi connectivity index (χ4n) is 0.815. The van der Waals surface area contributed by atoms with Gasteiger partial charge >= 0.3 is 0 Å². The molecule has 0 aliphatic heterocycles. The van der Waals surface area contributed by atoms with Crippen LogP contribution in [0.25, 0.3) is 0 Å². The number of methoxy groups -OCH3 is 1. The molecule has 0 fully saturated rings. The molecule has 1 aromatic carbocycles. The second kappa shape index (κ2) is 3.92. The molecule has 0 bridgehead atoms. The van der Waals surface area contributed by atoms with Gasteiger partial charge in [0.1, 0.15) is 5.75 Å². The summed E-state index contributed by atoms with van der Waals surface area (Å²) in [6.07, 6.45) is 0. The van der Waals surface area contributed by atoms with E-state index in [-0.39, 0.29) is 5.91 Å². The quantitative estimate of drug-likeness (QED) is 0.670. The van der Waals surface area contributed by atoms with Crippen molar-refractivity contribution in [3.63, 3.8) is 0 Å². The summed E-state index contributed by atoms with van der Waals surface area (Å²) < 4.78 is 4.94. The van der Waals surface area contributed by atoms with E-state index in [0.717, 1.165) is 5.75 Å². The topological polar surface area (TPSA) is 38.3 Å². The first-order chi connectivity index (χ1) is 5.77. The lowest BCUT2D eigenvalue weighted by molar-refractivity contribution is 0.0981. The van der Waals surface area contributed by atoms with Gasteiger partial charge in [0.05, 0.1) is 7.11 Å². The average Bonchev–Trinajstić information content (AvgIpc) is 2.17. The third-order valence-corrected chi connectivity index (χ3v) is 1.69. The molecule has 1 rings (SSSR count). The van der Waals surface area contributed by atoms with Crippen molar-refractivity contribution in [3.8, 4) is 5.75 Å². The predicted molar refractivity (Wildman–Crippen MR) is 46.2 cm³/mol. The second-order valence-electron chi connectivity index (χ2n) is 2.18. The predicted octanol–water partition coefficient (Wildman–Crippen LogP) is 0.508. The van der Waals surface area contributed by atoms with Crippen molar-refractivity contribution in [1.82, 2.24) is 4.98 Å². The van der Waals surface area contributed by atoms with E-state index < -0.39 is 0 Å². The number of carbonyl (C=O) groups excluding carboxylic acids is 1. The fourth-order valence-corrected chi connectivity index (χ4v) is 0.959. The molecule has 4 heteroatoms. The first-order valence-corrected chi connectivity index (χ1v) is 3.89. The van der Waals surface area contributed by atoms with Crippen molar-refractivity contribution in [1.29, 1.82) is 0 Å². The zero-order valence-electron chi connectivity index (χ0n) is 6.63. The summed E-state index contributed by atoms with van der Waals surface area (Å²) >= 11 is 0. The molecule has 0 aromatic heterocycles. The summed E-state index contributed by atoms with van der Waals surface area (Å²) in [6, 6.07) is 6.84. The van der Waals surface area contributed by atoms with Gasteiger partial charge in [-0.1, -0.05) is 0 Å². The minimum absolute atomic E-state index is 0.172. The highest BCUT2D eigenvalue weighted by Crippen LogP contribution is 2.10. The summed E-state index contributed by atoms with van der Waals surface area (Å²) in [5.74, 6) is 0.565. The molecule has 1 N–H and O–H groups in total. The van der Waals surface area contributed by atoms with Crippen LogP contribution in [-0.4, -0.2) is 23.4 Å². The van der Waals surface area contributed by atoms with Gasteiger partial charge in [0, 0.05) is 5.56 Å². The summed E-state index contributed by atoms with van der Waals surface area (Å²) in [4.78, 5) is 13.4. The molecule has 0 aliphatic carbocycles. The van der Waals surface area contributed by atoms with Crippen LogP contribution in [0.15, 0.2) is 24.3 Å². The van der Waals surface area contributed by atoms with Crippen LogP contribution in [0, 0.1) is 0 Å². The molecule has 0 aliphatic rings. The average molecular weight is 178 g/mol. The molecule has 3 radical (unpaired) electrons. The van der Waals surface area contributed by atoms with Crippen LogP contribution in [0.1, 0.15) is 10.4 Å². The highest BCUT2D eigenvalue weighted by atomic mass is 28.2.